The van der Waals surface area contributed by atoms with Crippen LogP contribution in [0.5, 0.6) is 0 Å². The van der Waals surface area contributed by atoms with Crippen LogP contribution in [0, 0.1) is 0 Å². The van der Waals surface area contributed by atoms with Crippen LogP contribution in [-0.2, 0) is 4.74 Å². The van der Waals surface area contributed by atoms with E-state index < -0.39 is 0 Å². The van der Waals surface area contributed by atoms with Gasteiger partial charge in [0.2, 0.25) is 0 Å². The number of hydrogen-bond acceptors (Lipinski definition) is 2. The minimum atomic E-state index is 0.453. The van der Waals surface area contributed by atoms with Gasteiger partial charge in [0.25, 0.3) is 0 Å². The minimum Gasteiger partial charge on any atom is -0.380 e. The smallest absolute Gasteiger partial charge is 0.0724 e. The molecular weight excluding hydrogens is 162 g/mol. The molecule has 0 radical (unpaired) electrons. The third-order valence-corrected chi connectivity index (χ3v) is 2.91. The summed E-state index contributed by atoms with van der Waals surface area (Å²) in [5.74, 6) is 0. The van der Waals surface area contributed by atoms with Crippen LogP contribution in [0.4, 0.5) is 0 Å². The Kier molecular flexibility index (Phi) is 5.40. The Morgan fingerprint density at radius 2 is 2.00 bits per heavy atom. The van der Waals surface area contributed by atoms with Crippen molar-refractivity contribution < 1.29 is 4.74 Å². The van der Waals surface area contributed by atoms with Gasteiger partial charge in [-0.15, -0.1) is 0 Å². The molecule has 2 nitrogen and oxygen atoms in total. The summed E-state index contributed by atoms with van der Waals surface area (Å²) in [5.41, 5.74) is 0. The summed E-state index contributed by atoms with van der Waals surface area (Å²) in [5, 5.41) is 3.59. The highest BCUT2D eigenvalue weighted by atomic mass is 16.5. The molecule has 1 aliphatic rings. The van der Waals surface area contributed by atoms with Gasteiger partial charge >= 0.3 is 0 Å². The third kappa shape index (κ3) is 3.65. The Hall–Kier alpha value is -0.0800. The van der Waals surface area contributed by atoms with Gasteiger partial charge in [0, 0.05) is 13.2 Å². The van der Waals surface area contributed by atoms with Gasteiger partial charge in [0.15, 0.2) is 0 Å². The van der Waals surface area contributed by atoms with Crippen LogP contribution in [0.25, 0.3) is 0 Å². The molecule has 0 aromatic carbocycles. The lowest BCUT2D eigenvalue weighted by molar-refractivity contribution is 0.0633. The van der Waals surface area contributed by atoms with Crippen molar-refractivity contribution in [3.05, 3.63) is 0 Å². The van der Waals surface area contributed by atoms with Crippen LogP contribution in [0.3, 0.4) is 0 Å². The molecule has 0 aromatic rings. The molecule has 0 bridgehead atoms. The molecule has 2 unspecified atom stereocenters. The van der Waals surface area contributed by atoms with Crippen molar-refractivity contribution in [2.45, 2.75) is 57.6 Å². The second kappa shape index (κ2) is 6.39. The van der Waals surface area contributed by atoms with Gasteiger partial charge in [0.05, 0.1) is 6.10 Å². The van der Waals surface area contributed by atoms with Crippen molar-refractivity contribution in [2.24, 2.45) is 0 Å². The maximum atomic E-state index is 5.52. The number of methoxy groups -OCH3 is 1. The Balaban J connectivity index is 2.34. The average Bonchev–Trinajstić information content (AvgIpc) is 2.39. The molecule has 0 heterocycles. The topological polar surface area (TPSA) is 21.3 Å². The van der Waals surface area contributed by atoms with E-state index in [4.69, 9.17) is 4.74 Å². The summed E-state index contributed by atoms with van der Waals surface area (Å²) in [6.45, 7) is 3.34. The second-order valence-corrected chi connectivity index (χ2v) is 3.97. The number of ether oxygens (including phenoxy) is 1. The van der Waals surface area contributed by atoms with E-state index in [2.05, 4.69) is 12.2 Å². The lowest BCUT2D eigenvalue weighted by Gasteiger charge is -2.24. The molecule has 1 rings (SSSR count). The first-order valence-corrected chi connectivity index (χ1v) is 5.64. The average molecular weight is 185 g/mol. The third-order valence-electron chi connectivity index (χ3n) is 2.91. The summed E-state index contributed by atoms with van der Waals surface area (Å²) in [7, 11) is 1.84. The summed E-state index contributed by atoms with van der Waals surface area (Å²) in [6, 6.07) is 0.604. The Bertz CT molecular complexity index is 127. The predicted octanol–water partition coefficient (Wildman–Crippen LogP) is 2.33. The Morgan fingerprint density at radius 3 is 2.69 bits per heavy atom. The van der Waals surface area contributed by atoms with E-state index in [1.807, 2.05) is 7.11 Å². The van der Waals surface area contributed by atoms with E-state index in [-0.39, 0.29) is 0 Å². The van der Waals surface area contributed by atoms with E-state index >= 15 is 0 Å². The molecule has 13 heavy (non-hydrogen) atoms. The van der Waals surface area contributed by atoms with Crippen LogP contribution < -0.4 is 5.32 Å². The van der Waals surface area contributed by atoms with E-state index in [9.17, 15) is 0 Å². The maximum Gasteiger partial charge on any atom is 0.0724 e. The van der Waals surface area contributed by atoms with Crippen molar-refractivity contribution in [3.8, 4) is 0 Å². The van der Waals surface area contributed by atoms with E-state index in [0.717, 1.165) is 6.54 Å². The zero-order chi connectivity index (χ0) is 9.52. The zero-order valence-corrected chi connectivity index (χ0v) is 9.01. The Labute approximate surface area is 82.0 Å². The molecule has 0 aliphatic heterocycles. The summed E-state index contributed by atoms with van der Waals surface area (Å²) in [4.78, 5) is 0. The van der Waals surface area contributed by atoms with Crippen molar-refractivity contribution in [1.29, 1.82) is 0 Å². The molecular formula is C11H23NO. The lowest BCUT2D eigenvalue weighted by Crippen LogP contribution is -2.40. The molecule has 0 aromatic heterocycles. The van der Waals surface area contributed by atoms with E-state index in [1.165, 1.54) is 38.5 Å². The van der Waals surface area contributed by atoms with Crippen molar-refractivity contribution in [2.75, 3.05) is 13.7 Å². The van der Waals surface area contributed by atoms with Gasteiger partial charge in [0.1, 0.15) is 0 Å². The first-order chi connectivity index (χ1) is 6.38. The predicted molar refractivity (Wildman–Crippen MR) is 56.0 cm³/mol. The van der Waals surface area contributed by atoms with Crippen LogP contribution in [-0.4, -0.2) is 25.8 Å². The molecule has 1 aliphatic carbocycles. The highest BCUT2D eigenvalue weighted by molar-refractivity contribution is 4.79. The fourth-order valence-electron chi connectivity index (χ4n) is 2.12. The summed E-state index contributed by atoms with van der Waals surface area (Å²) < 4.78 is 5.52. The fourth-order valence-corrected chi connectivity index (χ4v) is 2.12. The van der Waals surface area contributed by atoms with Crippen LogP contribution >= 0.6 is 0 Å². The second-order valence-electron chi connectivity index (χ2n) is 3.97. The zero-order valence-electron chi connectivity index (χ0n) is 9.01. The standard InChI is InChI=1S/C11H23NO/c1-3-9-12-10-7-5-4-6-8-11(10)13-2/h10-12H,3-9H2,1-2H3. The maximum absolute atomic E-state index is 5.52. The van der Waals surface area contributed by atoms with Gasteiger partial charge in [-0.1, -0.05) is 26.2 Å². The summed E-state index contributed by atoms with van der Waals surface area (Å²) >= 11 is 0. The largest absolute Gasteiger partial charge is 0.380 e. The quantitative estimate of drug-likeness (QED) is 0.679. The molecule has 1 fully saturated rings. The SMILES string of the molecule is CCCNC1CCCCCC1OC. The number of rotatable bonds is 4. The van der Waals surface area contributed by atoms with Crippen LogP contribution in [0.2, 0.25) is 0 Å². The Morgan fingerprint density at radius 1 is 1.23 bits per heavy atom. The number of hydrogen-bond donors (Lipinski definition) is 1. The highest BCUT2D eigenvalue weighted by Gasteiger charge is 2.22. The molecule has 2 heteroatoms. The van der Waals surface area contributed by atoms with Gasteiger partial charge in [-0.2, -0.15) is 0 Å². The van der Waals surface area contributed by atoms with E-state index in [1.54, 1.807) is 0 Å². The molecule has 0 spiro atoms. The first-order valence-electron chi connectivity index (χ1n) is 5.64. The minimum absolute atomic E-state index is 0.453. The van der Waals surface area contributed by atoms with Crippen LogP contribution in [0.1, 0.15) is 45.4 Å². The molecule has 2 atom stereocenters. The van der Waals surface area contributed by atoms with Gasteiger partial charge in [-0.05, 0) is 25.8 Å². The van der Waals surface area contributed by atoms with Crippen molar-refractivity contribution in [3.63, 3.8) is 0 Å². The van der Waals surface area contributed by atoms with Crippen LogP contribution in [0.15, 0.2) is 0 Å². The molecule has 1 N–H and O–H groups in total. The highest BCUT2D eigenvalue weighted by Crippen LogP contribution is 2.19. The molecule has 1 saturated carbocycles. The monoisotopic (exact) mass is 185 g/mol. The van der Waals surface area contributed by atoms with Gasteiger partial charge in [-0.25, -0.2) is 0 Å². The molecule has 0 amide bonds. The summed E-state index contributed by atoms with van der Waals surface area (Å²) in [6.07, 6.45) is 8.27. The number of nitrogens with one attached hydrogen (secondary N) is 1. The van der Waals surface area contributed by atoms with Crippen molar-refractivity contribution in [1.82, 2.24) is 5.32 Å². The van der Waals surface area contributed by atoms with E-state index in [0.29, 0.717) is 12.1 Å². The van der Waals surface area contributed by atoms with Crippen molar-refractivity contribution >= 4 is 0 Å². The van der Waals surface area contributed by atoms with Gasteiger partial charge in [-0.3, -0.25) is 0 Å². The normalized spacial score (nSPS) is 30.0. The lowest BCUT2D eigenvalue weighted by atomic mass is 10.1. The molecule has 0 saturated heterocycles. The fraction of sp³-hybridized carbons (Fsp3) is 1.00. The first kappa shape index (κ1) is 11.0. The molecule has 78 valence electrons. The van der Waals surface area contributed by atoms with Gasteiger partial charge < -0.3 is 10.1 Å².